The Bertz CT molecular complexity index is 1890. The van der Waals surface area contributed by atoms with Crippen LogP contribution in [-0.4, -0.2) is 96.7 Å². The molecule has 0 bridgehead atoms. The smallest absolute Gasteiger partial charge is 0.462 e. The minimum atomic E-state index is -4.96. The Morgan fingerprint density at radius 1 is 0.292 bits per heavy atom. The molecule has 17 nitrogen and oxygen atoms in total. The zero-order chi connectivity index (χ0) is 71.0. The maximum absolute atomic E-state index is 13.1. The fourth-order valence-corrected chi connectivity index (χ4v) is 13.2. The van der Waals surface area contributed by atoms with Gasteiger partial charge in [0.25, 0.3) is 0 Å². The molecule has 0 aliphatic carbocycles. The first-order valence-corrected chi connectivity index (χ1v) is 42.8. The summed E-state index contributed by atoms with van der Waals surface area (Å²) in [6, 6.07) is 0. The van der Waals surface area contributed by atoms with E-state index in [1.807, 2.05) is 0 Å². The molecule has 0 aliphatic heterocycles. The van der Waals surface area contributed by atoms with E-state index in [-0.39, 0.29) is 25.7 Å². The van der Waals surface area contributed by atoms with Gasteiger partial charge in [0.15, 0.2) is 12.2 Å². The van der Waals surface area contributed by atoms with Gasteiger partial charge in [0, 0.05) is 25.7 Å². The molecule has 0 amide bonds. The van der Waals surface area contributed by atoms with Crippen LogP contribution in [0.2, 0.25) is 0 Å². The second kappa shape index (κ2) is 66.3. The highest BCUT2D eigenvalue weighted by molar-refractivity contribution is 7.47. The van der Waals surface area contributed by atoms with Gasteiger partial charge in [0.05, 0.1) is 26.4 Å². The lowest BCUT2D eigenvalue weighted by Gasteiger charge is -2.21. The Balaban J connectivity index is 5.21. The molecule has 0 fully saturated rings. The summed E-state index contributed by atoms with van der Waals surface area (Å²) in [7, 11) is -9.91. The summed E-state index contributed by atoms with van der Waals surface area (Å²) in [5.74, 6) is 0.929. The zero-order valence-corrected chi connectivity index (χ0v) is 64.8. The van der Waals surface area contributed by atoms with Crippen LogP contribution in [0, 0.1) is 23.7 Å². The van der Waals surface area contributed by atoms with Gasteiger partial charge in [-0.15, -0.1) is 0 Å². The van der Waals surface area contributed by atoms with Gasteiger partial charge in [-0.25, -0.2) is 9.13 Å². The summed E-state index contributed by atoms with van der Waals surface area (Å²) in [4.78, 5) is 72.8. The van der Waals surface area contributed by atoms with Crippen LogP contribution in [0.3, 0.4) is 0 Å². The monoisotopic (exact) mass is 1410 g/mol. The molecule has 7 atom stereocenters. The number of aliphatic hydroxyl groups is 1. The second-order valence-electron chi connectivity index (χ2n) is 29.2. The lowest BCUT2D eigenvalue weighted by atomic mass is 10.00. The number of hydrogen-bond acceptors (Lipinski definition) is 15. The molecule has 19 heteroatoms. The summed E-state index contributed by atoms with van der Waals surface area (Å²) < 4.78 is 68.5. The van der Waals surface area contributed by atoms with Gasteiger partial charge in [0.1, 0.15) is 19.3 Å². The number of carbonyl (C=O) groups is 4. The molecule has 0 saturated carbocycles. The largest absolute Gasteiger partial charge is 0.472 e. The van der Waals surface area contributed by atoms with Crippen molar-refractivity contribution in [1.29, 1.82) is 0 Å². The normalized spacial score (nSPS) is 14.7. The van der Waals surface area contributed by atoms with E-state index in [1.165, 1.54) is 186 Å². The Labute approximate surface area is 588 Å². The molecule has 0 aromatic carbocycles. The summed E-state index contributed by atoms with van der Waals surface area (Å²) in [6.07, 6.45) is 51.5. The van der Waals surface area contributed by atoms with Crippen molar-refractivity contribution in [2.45, 2.75) is 408 Å². The Morgan fingerprint density at radius 3 is 0.740 bits per heavy atom. The van der Waals surface area contributed by atoms with E-state index in [0.717, 1.165) is 120 Å². The maximum atomic E-state index is 13.1. The van der Waals surface area contributed by atoms with Crippen molar-refractivity contribution in [3.05, 3.63) is 0 Å². The molecule has 0 spiro atoms. The van der Waals surface area contributed by atoms with E-state index in [4.69, 9.17) is 37.0 Å². The fraction of sp³-hybridized carbons (Fsp3) is 0.948. The standard InChI is InChI=1S/C77H150O17P2/c1-9-69(7)55-47-39-33-35-42-50-58-75(80)88-64-73(94-77(82)60-52-44-36-34-40-48-56-70(8)10-2)66-92-96(85,86)90-62-71(78)61-89-95(83,84)91-65-72(63-87-74(79)57-49-41-31-27-23-20-19-22-26-30-38-46-54-68(5)6)93-76(81)59-51-43-32-28-24-18-16-14-12-11-13-15-17-21-25-29-37-45-53-67(3)4/h67-73,78H,9-66H2,1-8H3,(H,83,84)(H,85,86)/t69?,70?,71-,72-,73-/m1/s1. The van der Waals surface area contributed by atoms with Gasteiger partial charge >= 0.3 is 39.5 Å². The van der Waals surface area contributed by atoms with E-state index in [9.17, 15) is 43.2 Å². The topological polar surface area (TPSA) is 237 Å². The van der Waals surface area contributed by atoms with Crippen molar-refractivity contribution in [2.75, 3.05) is 39.6 Å². The van der Waals surface area contributed by atoms with E-state index in [1.54, 1.807) is 0 Å². The highest BCUT2D eigenvalue weighted by atomic mass is 31.2. The lowest BCUT2D eigenvalue weighted by molar-refractivity contribution is -0.161. The van der Waals surface area contributed by atoms with E-state index in [2.05, 4.69) is 55.4 Å². The number of ether oxygens (including phenoxy) is 4. The van der Waals surface area contributed by atoms with Crippen LogP contribution in [0.15, 0.2) is 0 Å². The summed E-state index contributed by atoms with van der Waals surface area (Å²) in [5, 5.41) is 10.6. The number of unbranched alkanes of at least 4 members (excludes halogenated alkanes) is 38. The van der Waals surface area contributed by atoms with Gasteiger partial charge in [-0.05, 0) is 49.4 Å². The highest BCUT2D eigenvalue weighted by Crippen LogP contribution is 2.45. The molecule has 0 saturated heterocycles. The lowest BCUT2D eigenvalue weighted by Crippen LogP contribution is -2.30. The number of aliphatic hydroxyl groups excluding tert-OH is 1. The van der Waals surface area contributed by atoms with E-state index >= 15 is 0 Å². The minimum absolute atomic E-state index is 0.102. The van der Waals surface area contributed by atoms with Crippen molar-refractivity contribution < 1.29 is 80.2 Å². The van der Waals surface area contributed by atoms with Crippen LogP contribution in [0.25, 0.3) is 0 Å². The number of carbonyl (C=O) groups excluding carboxylic acids is 4. The van der Waals surface area contributed by atoms with Gasteiger partial charge < -0.3 is 33.8 Å². The molecular formula is C77H150O17P2. The van der Waals surface area contributed by atoms with Gasteiger partial charge in [-0.3, -0.25) is 37.3 Å². The van der Waals surface area contributed by atoms with Crippen LogP contribution in [0.4, 0.5) is 0 Å². The number of phosphoric acid groups is 2. The number of rotatable bonds is 74. The van der Waals surface area contributed by atoms with Crippen LogP contribution in [-0.2, 0) is 65.4 Å². The van der Waals surface area contributed by atoms with Crippen molar-refractivity contribution in [2.24, 2.45) is 23.7 Å². The van der Waals surface area contributed by atoms with E-state index < -0.39 is 97.5 Å². The Kier molecular flexibility index (Phi) is 65.0. The first-order chi connectivity index (χ1) is 46.2. The molecule has 4 unspecified atom stereocenters. The van der Waals surface area contributed by atoms with Gasteiger partial charge in [-0.1, -0.05) is 338 Å². The third-order valence-electron chi connectivity index (χ3n) is 18.5. The van der Waals surface area contributed by atoms with Crippen molar-refractivity contribution in [3.63, 3.8) is 0 Å². The number of hydrogen-bond donors (Lipinski definition) is 3. The molecular weight excluding hydrogens is 1260 g/mol. The molecule has 0 rings (SSSR count). The predicted octanol–water partition coefficient (Wildman–Crippen LogP) is 22.4. The summed E-state index contributed by atoms with van der Waals surface area (Å²) in [6.45, 7) is 14.2. The first-order valence-electron chi connectivity index (χ1n) is 39.8. The summed E-state index contributed by atoms with van der Waals surface area (Å²) >= 11 is 0. The van der Waals surface area contributed by atoms with Crippen LogP contribution in [0.5, 0.6) is 0 Å². The average molecular weight is 1410 g/mol. The Morgan fingerprint density at radius 2 is 0.500 bits per heavy atom. The quantitative estimate of drug-likeness (QED) is 0.0222. The zero-order valence-electron chi connectivity index (χ0n) is 63.0. The van der Waals surface area contributed by atoms with Crippen LogP contribution >= 0.6 is 15.6 Å². The number of esters is 4. The number of phosphoric ester groups is 2. The molecule has 0 aliphatic rings. The van der Waals surface area contributed by atoms with Crippen molar-refractivity contribution in [1.82, 2.24) is 0 Å². The third-order valence-corrected chi connectivity index (χ3v) is 20.4. The van der Waals surface area contributed by atoms with Crippen LogP contribution in [0.1, 0.15) is 389 Å². The average Bonchev–Trinajstić information content (AvgIpc) is 1.86. The molecule has 0 aromatic heterocycles. The molecule has 96 heavy (non-hydrogen) atoms. The third kappa shape index (κ3) is 67.9. The molecule has 0 heterocycles. The predicted molar refractivity (Wildman–Crippen MR) is 391 cm³/mol. The van der Waals surface area contributed by atoms with Crippen molar-refractivity contribution in [3.8, 4) is 0 Å². The van der Waals surface area contributed by atoms with E-state index in [0.29, 0.717) is 25.7 Å². The Hall–Kier alpha value is -1.94. The van der Waals surface area contributed by atoms with Crippen molar-refractivity contribution >= 4 is 39.5 Å². The van der Waals surface area contributed by atoms with Gasteiger partial charge in [0.2, 0.25) is 0 Å². The maximum Gasteiger partial charge on any atom is 0.472 e. The molecule has 0 radical (unpaired) electrons. The molecule has 0 aromatic rings. The molecule has 570 valence electrons. The van der Waals surface area contributed by atoms with Crippen LogP contribution < -0.4 is 0 Å². The second-order valence-corrected chi connectivity index (χ2v) is 32.1. The highest BCUT2D eigenvalue weighted by Gasteiger charge is 2.30. The fourth-order valence-electron chi connectivity index (χ4n) is 11.7. The minimum Gasteiger partial charge on any atom is -0.462 e. The van der Waals surface area contributed by atoms with Gasteiger partial charge in [-0.2, -0.15) is 0 Å². The SMILES string of the molecule is CCC(C)CCCCCCCCC(=O)OC[C@H](COP(=O)(O)OC[C@H](O)COP(=O)(O)OC[C@@H](COC(=O)CCCCCCCCCCCCCCC(C)C)OC(=O)CCCCCCCCCCCCCCCCCCCCC(C)C)OC(=O)CCCCCCCCC(C)CC. The molecule has 3 N–H and O–H groups in total. The first kappa shape index (κ1) is 94.1. The summed E-state index contributed by atoms with van der Waals surface area (Å²) in [5.41, 5.74) is 0.